The number of nitrogens with one attached hydrogen (secondary N) is 1. The van der Waals surface area contributed by atoms with E-state index >= 15 is 0 Å². The van der Waals surface area contributed by atoms with E-state index in [0.717, 1.165) is 22.0 Å². The SMILES string of the molecule is CCCCNC(=O)[C@@H](Cc1ccccc1)N(Cc1ccc(Cl)cc1Cl)C(=O)COc1ccc(I)cc1. The number of nitrogens with zero attached hydrogens (tertiary/aromatic N) is 1. The van der Waals surface area contributed by atoms with Gasteiger partial charge in [0.2, 0.25) is 5.91 Å². The Bertz CT molecular complexity index is 1140. The minimum atomic E-state index is -0.746. The summed E-state index contributed by atoms with van der Waals surface area (Å²) in [5, 5.41) is 3.94. The third-order valence-corrected chi connectivity index (χ3v) is 6.94. The maximum absolute atomic E-state index is 13.6. The van der Waals surface area contributed by atoms with Crippen molar-refractivity contribution in [1.29, 1.82) is 0 Å². The van der Waals surface area contributed by atoms with Crippen LogP contribution in [-0.2, 0) is 22.6 Å². The van der Waals surface area contributed by atoms with Crippen molar-refractivity contribution < 1.29 is 14.3 Å². The average Bonchev–Trinajstić information content (AvgIpc) is 2.87. The number of ether oxygens (including phenoxy) is 1. The lowest BCUT2D eigenvalue weighted by molar-refractivity contribution is -0.142. The monoisotopic (exact) mass is 638 g/mol. The average molecular weight is 639 g/mol. The van der Waals surface area contributed by atoms with Crippen molar-refractivity contribution in [2.24, 2.45) is 0 Å². The summed E-state index contributed by atoms with van der Waals surface area (Å²) >= 11 is 14.8. The van der Waals surface area contributed by atoms with Gasteiger partial charge in [0.25, 0.3) is 5.91 Å². The number of rotatable bonds is 12. The van der Waals surface area contributed by atoms with E-state index in [2.05, 4.69) is 34.8 Å². The maximum atomic E-state index is 13.6. The van der Waals surface area contributed by atoms with E-state index in [1.54, 1.807) is 23.1 Å². The number of unbranched alkanes of at least 4 members (excludes halogenated alkanes) is 1. The summed E-state index contributed by atoms with van der Waals surface area (Å²) in [6, 6.07) is 21.5. The zero-order valence-electron chi connectivity index (χ0n) is 20.1. The molecule has 0 unspecified atom stereocenters. The van der Waals surface area contributed by atoms with Crippen LogP contribution < -0.4 is 10.1 Å². The molecule has 8 heteroatoms. The highest BCUT2D eigenvalue weighted by Gasteiger charge is 2.31. The first kappa shape index (κ1) is 28.3. The molecule has 1 N–H and O–H groups in total. The summed E-state index contributed by atoms with van der Waals surface area (Å²) in [7, 11) is 0. The normalized spacial score (nSPS) is 11.6. The molecule has 2 amide bonds. The number of carbonyl (C=O) groups excluding carboxylic acids is 2. The fraction of sp³-hybridized carbons (Fsp3) is 0.286. The molecule has 0 spiro atoms. The molecule has 0 bridgehead atoms. The lowest BCUT2D eigenvalue weighted by Gasteiger charge is -2.31. The van der Waals surface area contributed by atoms with Crippen LogP contribution in [-0.4, -0.2) is 35.9 Å². The van der Waals surface area contributed by atoms with Crippen LogP contribution in [0.3, 0.4) is 0 Å². The van der Waals surface area contributed by atoms with Gasteiger partial charge in [0.05, 0.1) is 0 Å². The van der Waals surface area contributed by atoms with E-state index in [0.29, 0.717) is 34.3 Å². The summed E-state index contributed by atoms with van der Waals surface area (Å²) in [5.74, 6) is 0.0615. The van der Waals surface area contributed by atoms with Crippen LogP contribution in [0.2, 0.25) is 10.0 Å². The highest BCUT2D eigenvalue weighted by molar-refractivity contribution is 14.1. The number of benzene rings is 3. The van der Waals surface area contributed by atoms with E-state index in [1.165, 1.54) is 0 Å². The van der Waals surface area contributed by atoms with E-state index in [4.69, 9.17) is 27.9 Å². The van der Waals surface area contributed by atoms with Gasteiger partial charge in [-0.1, -0.05) is 72.9 Å². The van der Waals surface area contributed by atoms with Crippen LogP contribution in [0, 0.1) is 3.57 Å². The first-order chi connectivity index (χ1) is 17.4. The lowest BCUT2D eigenvalue weighted by Crippen LogP contribution is -2.51. The van der Waals surface area contributed by atoms with Gasteiger partial charge in [-0.25, -0.2) is 0 Å². The largest absolute Gasteiger partial charge is 0.484 e. The second-order valence-corrected chi connectivity index (χ2v) is 10.4. The number of hydrogen-bond acceptors (Lipinski definition) is 3. The third-order valence-electron chi connectivity index (χ3n) is 5.63. The van der Waals surface area contributed by atoms with Crippen molar-refractivity contribution >= 4 is 57.6 Å². The molecule has 0 heterocycles. The van der Waals surface area contributed by atoms with Crippen molar-refractivity contribution in [3.05, 3.63) is 97.5 Å². The molecule has 0 aliphatic heterocycles. The van der Waals surface area contributed by atoms with Crippen molar-refractivity contribution in [3.63, 3.8) is 0 Å². The quantitative estimate of drug-likeness (QED) is 0.181. The molecule has 3 aromatic carbocycles. The standard InChI is InChI=1S/C28H29Cl2IN2O3/c1-2-3-15-32-28(35)26(16-20-7-5-4-6-8-20)33(18-21-9-10-22(29)17-25(21)30)27(34)19-36-24-13-11-23(31)12-14-24/h4-14,17,26H,2-3,15-16,18-19H2,1H3,(H,32,35)/t26-/m1/s1. The Morgan fingerprint density at radius 2 is 1.75 bits per heavy atom. The smallest absolute Gasteiger partial charge is 0.261 e. The van der Waals surface area contributed by atoms with Crippen LogP contribution >= 0.6 is 45.8 Å². The Labute approximate surface area is 236 Å². The topological polar surface area (TPSA) is 58.6 Å². The molecule has 0 aliphatic rings. The van der Waals surface area contributed by atoms with E-state index < -0.39 is 6.04 Å². The number of carbonyl (C=O) groups is 2. The molecule has 0 radical (unpaired) electrons. The molecule has 0 fully saturated rings. The van der Waals surface area contributed by atoms with Gasteiger partial charge in [-0.3, -0.25) is 9.59 Å². The van der Waals surface area contributed by atoms with E-state index in [9.17, 15) is 9.59 Å². The van der Waals surface area contributed by atoms with Gasteiger partial charge in [0, 0.05) is 33.1 Å². The highest BCUT2D eigenvalue weighted by Crippen LogP contribution is 2.24. The minimum absolute atomic E-state index is 0.142. The molecule has 0 saturated heterocycles. The molecule has 5 nitrogen and oxygen atoms in total. The van der Waals surface area contributed by atoms with Gasteiger partial charge < -0.3 is 15.0 Å². The van der Waals surface area contributed by atoms with E-state index in [1.807, 2.05) is 54.6 Å². The molecule has 1 atom stereocenters. The van der Waals surface area contributed by atoms with Gasteiger partial charge in [-0.05, 0) is 76.5 Å². The zero-order chi connectivity index (χ0) is 25.9. The second kappa shape index (κ2) is 14.4. The minimum Gasteiger partial charge on any atom is -0.484 e. The zero-order valence-corrected chi connectivity index (χ0v) is 23.7. The summed E-state index contributed by atoms with van der Waals surface area (Å²) in [6.07, 6.45) is 2.17. The van der Waals surface area contributed by atoms with E-state index in [-0.39, 0.29) is 25.0 Å². The van der Waals surface area contributed by atoms with Crippen molar-refractivity contribution in [2.75, 3.05) is 13.2 Å². The molecular formula is C28H29Cl2IN2O3. The molecule has 0 saturated carbocycles. The Kier molecular flexibility index (Phi) is 11.4. The molecule has 3 rings (SSSR count). The van der Waals surface area contributed by atoms with Crippen LogP contribution in [0.15, 0.2) is 72.8 Å². The number of amides is 2. The van der Waals surface area contributed by atoms with Gasteiger partial charge in [-0.15, -0.1) is 0 Å². The van der Waals surface area contributed by atoms with Crippen LogP contribution in [0.25, 0.3) is 0 Å². The van der Waals surface area contributed by atoms with Gasteiger partial charge in [-0.2, -0.15) is 0 Å². The van der Waals surface area contributed by atoms with Crippen molar-refractivity contribution in [2.45, 2.75) is 38.8 Å². The van der Waals surface area contributed by atoms with Gasteiger partial charge in [0.15, 0.2) is 6.61 Å². The van der Waals surface area contributed by atoms with Crippen molar-refractivity contribution in [1.82, 2.24) is 10.2 Å². The second-order valence-electron chi connectivity index (χ2n) is 8.35. The fourth-order valence-corrected chi connectivity index (χ4v) is 4.48. The third kappa shape index (κ3) is 8.68. The highest BCUT2D eigenvalue weighted by atomic mass is 127. The lowest BCUT2D eigenvalue weighted by atomic mass is 10.0. The summed E-state index contributed by atoms with van der Waals surface area (Å²) in [6.45, 7) is 2.54. The van der Waals surface area contributed by atoms with Crippen LogP contribution in [0.1, 0.15) is 30.9 Å². The number of hydrogen-bond donors (Lipinski definition) is 1. The fourth-order valence-electron chi connectivity index (χ4n) is 3.65. The molecule has 190 valence electrons. The Morgan fingerprint density at radius 1 is 1.03 bits per heavy atom. The van der Waals surface area contributed by atoms with Gasteiger partial charge in [0.1, 0.15) is 11.8 Å². The Hall–Kier alpha value is -2.29. The van der Waals surface area contributed by atoms with Crippen molar-refractivity contribution in [3.8, 4) is 5.75 Å². The maximum Gasteiger partial charge on any atom is 0.261 e. The number of halogens is 3. The summed E-state index contributed by atoms with van der Waals surface area (Å²) in [4.78, 5) is 28.5. The Balaban J connectivity index is 1.90. The predicted molar refractivity (Wildman–Crippen MR) is 154 cm³/mol. The predicted octanol–water partition coefficient (Wildman–Crippen LogP) is 6.53. The molecule has 3 aromatic rings. The summed E-state index contributed by atoms with van der Waals surface area (Å²) in [5.41, 5.74) is 1.65. The first-order valence-electron chi connectivity index (χ1n) is 11.8. The van der Waals surface area contributed by atoms with Crippen LogP contribution in [0.5, 0.6) is 5.75 Å². The molecule has 36 heavy (non-hydrogen) atoms. The molecular weight excluding hydrogens is 610 g/mol. The van der Waals surface area contributed by atoms with Gasteiger partial charge >= 0.3 is 0 Å². The molecule has 0 aromatic heterocycles. The first-order valence-corrected chi connectivity index (χ1v) is 13.6. The molecule has 0 aliphatic carbocycles. The van der Waals surface area contributed by atoms with Crippen LogP contribution in [0.4, 0.5) is 0 Å². The Morgan fingerprint density at radius 3 is 2.42 bits per heavy atom. The summed E-state index contributed by atoms with van der Waals surface area (Å²) < 4.78 is 6.86.